The van der Waals surface area contributed by atoms with Crippen molar-refractivity contribution in [2.45, 2.75) is 18.4 Å². The summed E-state index contributed by atoms with van der Waals surface area (Å²) in [6.45, 7) is 2.46. The molecule has 2 aromatic carbocycles. The van der Waals surface area contributed by atoms with Crippen LogP contribution in [0.4, 0.5) is 14.5 Å². The fourth-order valence-corrected chi connectivity index (χ4v) is 3.36. The predicted octanol–water partition coefficient (Wildman–Crippen LogP) is 3.32. The van der Waals surface area contributed by atoms with Crippen LogP contribution in [0.2, 0.25) is 0 Å². The first-order chi connectivity index (χ1) is 11.8. The van der Waals surface area contributed by atoms with Crippen molar-refractivity contribution in [2.24, 2.45) is 0 Å². The summed E-state index contributed by atoms with van der Waals surface area (Å²) in [7, 11) is -4.03. The molecule has 0 unspecified atom stereocenters. The number of sulfonamides is 1. The minimum Gasteiger partial charge on any atom is -0.276 e. The Bertz CT molecular complexity index is 1020. The van der Waals surface area contributed by atoms with E-state index in [-0.39, 0.29) is 10.6 Å². The molecule has 130 valence electrons. The standard InChI is InChI=1S/C17H15F2N3O2S/c1-12-4-2-3-5-13(12)10-22-11-14(9-20-22)21-25(23,24)15-6-7-16(18)17(19)8-15/h2-9,11,21H,10H2,1H3. The van der Waals surface area contributed by atoms with Gasteiger partial charge >= 0.3 is 0 Å². The Labute approximate surface area is 144 Å². The van der Waals surface area contributed by atoms with Crippen molar-refractivity contribution in [1.29, 1.82) is 0 Å². The van der Waals surface area contributed by atoms with Crippen LogP contribution in [0.1, 0.15) is 11.1 Å². The molecule has 0 bridgehead atoms. The van der Waals surface area contributed by atoms with E-state index in [0.29, 0.717) is 12.6 Å². The maximum Gasteiger partial charge on any atom is 0.262 e. The van der Waals surface area contributed by atoms with Crippen LogP contribution in [0.25, 0.3) is 0 Å². The normalized spacial score (nSPS) is 11.5. The second-order valence-electron chi connectivity index (χ2n) is 5.53. The van der Waals surface area contributed by atoms with Crippen LogP contribution in [-0.4, -0.2) is 18.2 Å². The maximum atomic E-state index is 13.2. The molecule has 5 nitrogen and oxygen atoms in total. The number of hydrogen-bond acceptors (Lipinski definition) is 3. The third-order valence-electron chi connectivity index (χ3n) is 3.68. The predicted molar refractivity (Wildman–Crippen MR) is 89.7 cm³/mol. The average Bonchev–Trinajstić information content (AvgIpc) is 2.98. The highest BCUT2D eigenvalue weighted by Crippen LogP contribution is 2.18. The molecule has 0 saturated carbocycles. The van der Waals surface area contributed by atoms with Crippen molar-refractivity contribution in [3.63, 3.8) is 0 Å². The van der Waals surface area contributed by atoms with Crippen molar-refractivity contribution >= 4 is 15.7 Å². The first-order valence-corrected chi connectivity index (χ1v) is 8.88. The number of rotatable bonds is 5. The van der Waals surface area contributed by atoms with Gasteiger partial charge in [-0.05, 0) is 36.2 Å². The number of anilines is 1. The molecule has 3 rings (SSSR count). The molecule has 0 aliphatic rings. The summed E-state index contributed by atoms with van der Waals surface area (Å²) in [5.74, 6) is -2.33. The molecular formula is C17H15F2N3O2S. The second-order valence-corrected chi connectivity index (χ2v) is 7.22. The van der Waals surface area contributed by atoms with Crippen LogP contribution in [-0.2, 0) is 16.6 Å². The summed E-state index contributed by atoms with van der Waals surface area (Å²) in [5, 5.41) is 4.12. The van der Waals surface area contributed by atoms with Gasteiger partial charge in [-0.15, -0.1) is 0 Å². The molecule has 3 aromatic rings. The van der Waals surface area contributed by atoms with E-state index in [2.05, 4.69) is 9.82 Å². The van der Waals surface area contributed by atoms with Crippen LogP contribution < -0.4 is 4.72 Å². The van der Waals surface area contributed by atoms with Gasteiger partial charge in [0.25, 0.3) is 10.0 Å². The molecule has 0 aliphatic heterocycles. The van der Waals surface area contributed by atoms with Gasteiger partial charge in [0.2, 0.25) is 0 Å². The first-order valence-electron chi connectivity index (χ1n) is 7.40. The van der Waals surface area contributed by atoms with Crippen LogP contribution in [0.5, 0.6) is 0 Å². The van der Waals surface area contributed by atoms with Crippen molar-refractivity contribution in [1.82, 2.24) is 9.78 Å². The summed E-state index contributed by atoms with van der Waals surface area (Å²) in [6.07, 6.45) is 2.89. The van der Waals surface area contributed by atoms with Gasteiger partial charge < -0.3 is 0 Å². The topological polar surface area (TPSA) is 64.0 Å². The number of nitrogens with one attached hydrogen (secondary N) is 1. The lowest BCUT2D eigenvalue weighted by Crippen LogP contribution is -2.13. The molecule has 0 spiro atoms. The lowest BCUT2D eigenvalue weighted by Gasteiger charge is -2.07. The molecule has 0 aliphatic carbocycles. The van der Waals surface area contributed by atoms with E-state index in [0.717, 1.165) is 23.3 Å². The lowest BCUT2D eigenvalue weighted by molar-refractivity contribution is 0.504. The largest absolute Gasteiger partial charge is 0.276 e. The highest BCUT2D eigenvalue weighted by atomic mass is 32.2. The van der Waals surface area contributed by atoms with Gasteiger partial charge in [0.1, 0.15) is 0 Å². The number of halogens is 2. The molecule has 25 heavy (non-hydrogen) atoms. The molecule has 0 saturated heterocycles. The third kappa shape index (κ3) is 3.85. The SMILES string of the molecule is Cc1ccccc1Cn1cc(NS(=O)(=O)c2ccc(F)c(F)c2)cn1. The van der Waals surface area contributed by atoms with E-state index in [1.807, 2.05) is 31.2 Å². The molecule has 1 heterocycles. The summed E-state index contributed by atoms with van der Waals surface area (Å²) < 4.78 is 54.6. The third-order valence-corrected chi connectivity index (χ3v) is 5.06. The minimum absolute atomic E-state index is 0.235. The van der Waals surface area contributed by atoms with Crippen molar-refractivity contribution < 1.29 is 17.2 Å². The fourth-order valence-electron chi connectivity index (χ4n) is 2.32. The van der Waals surface area contributed by atoms with E-state index in [4.69, 9.17) is 0 Å². The summed E-state index contributed by atoms with van der Waals surface area (Å²) in [5.41, 5.74) is 2.39. The Balaban J connectivity index is 1.78. The van der Waals surface area contributed by atoms with Gasteiger partial charge in [0.15, 0.2) is 11.6 Å². The molecule has 0 atom stereocenters. The zero-order valence-corrected chi connectivity index (χ0v) is 14.1. The average molecular weight is 363 g/mol. The molecule has 0 radical (unpaired) electrons. The van der Waals surface area contributed by atoms with E-state index >= 15 is 0 Å². The van der Waals surface area contributed by atoms with E-state index in [9.17, 15) is 17.2 Å². The Morgan fingerprint density at radius 2 is 1.88 bits per heavy atom. The summed E-state index contributed by atoms with van der Waals surface area (Å²) in [4.78, 5) is -0.363. The Kier molecular flexibility index (Phi) is 4.54. The van der Waals surface area contributed by atoms with Gasteiger partial charge in [-0.3, -0.25) is 9.40 Å². The van der Waals surface area contributed by atoms with E-state index in [1.54, 1.807) is 4.68 Å². The second kappa shape index (κ2) is 6.64. The zero-order chi connectivity index (χ0) is 18.0. The first kappa shape index (κ1) is 17.1. The molecule has 1 N–H and O–H groups in total. The Morgan fingerprint density at radius 1 is 1.12 bits per heavy atom. The fraction of sp³-hybridized carbons (Fsp3) is 0.118. The van der Waals surface area contributed by atoms with Gasteiger partial charge in [0.05, 0.1) is 23.3 Å². The van der Waals surface area contributed by atoms with Crippen molar-refractivity contribution in [2.75, 3.05) is 4.72 Å². The highest BCUT2D eigenvalue weighted by Gasteiger charge is 2.17. The smallest absolute Gasteiger partial charge is 0.262 e. The number of aromatic nitrogens is 2. The maximum absolute atomic E-state index is 13.2. The molecular weight excluding hydrogens is 348 g/mol. The van der Waals surface area contributed by atoms with E-state index < -0.39 is 21.7 Å². The summed E-state index contributed by atoms with van der Waals surface area (Å²) in [6, 6.07) is 10.2. The van der Waals surface area contributed by atoms with Crippen molar-refractivity contribution in [3.05, 3.63) is 77.6 Å². The molecule has 8 heteroatoms. The molecule has 0 amide bonds. The molecule has 0 fully saturated rings. The number of aryl methyl sites for hydroxylation is 1. The van der Waals surface area contributed by atoms with Crippen molar-refractivity contribution in [3.8, 4) is 0 Å². The van der Waals surface area contributed by atoms with Gasteiger partial charge in [0, 0.05) is 6.20 Å². The van der Waals surface area contributed by atoms with E-state index in [1.165, 1.54) is 12.4 Å². The Morgan fingerprint density at radius 3 is 2.60 bits per heavy atom. The van der Waals surface area contributed by atoms with Crippen LogP contribution in [0, 0.1) is 18.6 Å². The van der Waals surface area contributed by atoms with Gasteiger partial charge in [-0.1, -0.05) is 24.3 Å². The van der Waals surface area contributed by atoms with Crippen LogP contribution >= 0.6 is 0 Å². The zero-order valence-electron chi connectivity index (χ0n) is 13.3. The number of hydrogen-bond donors (Lipinski definition) is 1. The quantitative estimate of drug-likeness (QED) is 0.756. The van der Waals surface area contributed by atoms with Gasteiger partial charge in [-0.25, -0.2) is 17.2 Å². The molecule has 1 aromatic heterocycles. The Hall–Kier alpha value is -2.74. The van der Waals surface area contributed by atoms with Gasteiger partial charge in [-0.2, -0.15) is 5.10 Å². The number of benzene rings is 2. The monoisotopic (exact) mass is 363 g/mol. The van der Waals surface area contributed by atoms with Crippen LogP contribution in [0.3, 0.4) is 0 Å². The highest BCUT2D eigenvalue weighted by molar-refractivity contribution is 7.92. The van der Waals surface area contributed by atoms with Crippen LogP contribution in [0.15, 0.2) is 59.8 Å². The number of nitrogens with zero attached hydrogens (tertiary/aromatic N) is 2. The lowest BCUT2D eigenvalue weighted by atomic mass is 10.1. The minimum atomic E-state index is -4.03. The summed E-state index contributed by atoms with van der Waals surface area (Å²) >= 11 is 0.